The van der Waals surface area contributed by atoms with Gasteiger partial charge in [-0.25, -0.2) is 9.97 Å². The fourth-order valence-electron chi connectivity index (χ4n) is 2.31. The van der Waals surface area contributed by atoms with Gasteiger partial charge in [-0.2, -0.15) is 10.5 Å². The molecular weight excluding hydrogens is 372 g/mol. The van der Waals surface area contributed by atoms with Gasteiger partial charge in [0.15, 0.2) is 5.16 Å². The summed E-state index contributed by atoms with van der Waals surface area (Å²) in [4.78, 5) is 9.15. The molecule has 1 aromatic heterocycles. The van der Waals surface area contributed by atoms with Crippen molar-refractivity contribution in [2.45, 2.75) is 28.6 Å². The first-order valence-corrected chi connectivity index (χ1v) is 10.2. The van der Waals surface area contributed by atoms with Gasteiger partial charge in [0.25, 0.3) is 0 Å². The summed E-state index contributed by atoms with van der Waals surface area (Å²) in [7, 11) is 0. The van der Waals surface area contributed by atoms with Crippen molar-refractivity contribution in [3.05, 3.63) is 82.5 Å². The molecule has 0 spiro atoms. The van der Waals surface area contributed by atoms with Gasteiger partial charge >= 0.3 is 0 Å². The lowest BCUT2D eigenvalue weighted by Crippen LogP contribution is -1.94. The van der Waals surface area contributed by atoms with E-state index >= 15 is 0 Å². The Hall–Kier alpha value is -2.80. The summed E-state index contributed by atoms with van der Waals surface area (Å²) in [6.45, 7) is 1.97. The number of aryl methyl sites for hydroxylation is 1. The van der Waals surface area contributed by atoms with Crippen molar-refractivity contribution in [3.63, 3.8) is 0 Å². The maximum atomic E-state index is 8.87. The van der Waals surface area contributed by atoms with Crippen LogP contribution in [0.25, 0.3) is 0 Å². The van der Waals surface area contributed by atoms with E-state index in [0.717, 1.165) is 38.5 Å². The highest BCUT2D eigenvalue weighted by Crippen LogP contribution is 2.26. The van der Waals surface area contributed by atoms with E-state index < -0.39 is 0 Å². The normalized spacial score (nSPS) is 10.2. The molecule has 0 atom stereocenters. The third-order valence-corrected chi connectivity index (χ3v) is 5.63. The van der Waals surface area contributed by atoms with Crippen molar-refractivity contribution in [2.75, 3.05) is 0 Å². The fraction of sp³-hybridized carbons (Fsp3) is 0.143. The Labute approximate surface area is 167 Å². The molecule has 0 aliphatic carbocycles. The number of hydrogen-bond acceptors (Lipinski definition) is 6. The molecule has 0 N–H and O–H groups in total. The summed E-state index contributed by atoms with van der Waals surface area (Å²) in [5.41, 5.74) is 4.56. The number of thioether (sulfide) groups is 2. The minimum atomic E-state index is 0.664. The van der Waals surface area contributed by atoms with Crippen LogP contribution < -0.4 is 0 Å². The van der Waals surface area contributed by atoms with E-state index in [1.165, 1.54) is 0 Å². The average molecular weight is 389 g/mol. The largest absolute Gasteiger partial charge is 0.228 e. The summed E-state index contributed by atoms with van der Waals surface area (Å²) in [5.74, 6) is 1.55. The minimum absolute atomic E-state index is 0.664. The summed E-state index contributed by atoms with van der Waals surface area (Å²) < 4.78 is 0. The van der Waals surface area contributed by atoms with Crippen LogP contribution in [0.4, 0.5) is 0 Å². The molecule has 0 unspecified atom stereocenters. The molecule has 0 amide bonds. The molecule has 1 heterocycles. The highest BCUT2D eigenvalue weighted by atomic mass is 32.2. The second-order valence-electron chi connectivity index (χ2n) is 5.82. The van der Waals surface area contributed by atoms with Crippen molar-refractivity contribution in [1.82, 2.24) is 9.97 Å². The Morgan fingerprint density at radius 2 is 1.30 bits per heavy atom. The van der Waals surface area contributed by atoms with Gasteiger partial charge in [-0.15, -0.1) is 11.8 Å². The Morgan fingerprint density at radius 1 is 0.778 bits per heavy atom. The van der Waals surface area contributed by atoms with Gasteiger partial charge in [0.2, 0.25) is 0 Å². The molecule has 0 radical (unpaired) electrons. The second kappa shape index (κ2) is 9.23. The molecule has 0 aliphatic rings. The van der Waals surface area contributed by atoms with Crippen molar-refractivity contribution in [2.24, 2.45) is 0 Å². The molecule has 6 heteroatoms. The van der Waals surface area contributed by atoms with Crippen LogP contribution >= 0.6 is 23.5 Å². The Bertz CT molecular complexity index is 921. The molecule has 132 valence electrons. The number of nitrogens with zero attached hydrogens (tertiary/aromatic N) is 4. The molecule has 0 aliphatic heterocycles. The Kier molecular flexibility index (Phi) is 6.49. The maximum Gasteiger partial charge on any atom is 0.189 e. The number of nitriles is 2. The zero-order valence-corrected chi connectivity index (χ0v) is 16.3. The predicted octanol–water partition coefficient (Wildman–Crippen LogP) is 5.11. The van der Waals surface area contributed by atoms with Crippen LogP contribution in [-0.2, 0) is 11.5 Å². The summed E-state index contributed by atoms with van der Waals surface area (Å²) in [6, 6.07) is 21.4. The van der Waals surface area contributed by atoms with Crippen molar-refractivity contribution < 1.29 is 0 Å². The molecule has 0 saturated heterocycles. The molecule has 27 heavy (non-hydrogen) atoms. The van der Waals surface area contributed by atoms with Crippen LogP contribution in [0.5, 0.6) is 0 Å². The summed E-state index contributed by atoms with van der Waals surface area (Å²) in [5, 5.41) is 19.4. The van der Waals surface area contributed by atoms with E-state index in [1.807, 2.05) is 61.5 Å². The SMILES string of the molecule is Cc1cc(SCc2ccc(C#N)cc2)nc(SCc2ccc(C#N)cc2)n1. The molecule has 0 saturated carbocycles. The maximum absolute atomic E-state index is 8.87. The highest BCUT2D eigenvalue weighted by Gasteiger charge is 2.06. The second-order valence-corrected chi connectivity index (χ2v) is 7.76. The summed E-state index contributed by atoms with van der Waals surface area (Å²) >= 11 is 3.25. The van der Waals surface area contributed by atoms with Crippen molar-refractivity contribution in [3.8, 4) is 12.1 Å². The van der Waals surface area contributed by atoms with Gasteiger partial charge < -0.3 is 0 Å². The Morgan fingerprint density at radius 3 is 1.81 bits per heavy atom. The van der Waals surface area contributed by atoms with E-state index in [4.69, 9.17) is 10.5 Å². The van der Waals surface area contributed by atoms with Gasteiger partial charge in [-0.3, -0.25) is 0 Å². The van der Waals surface area contributed by atoms with Gasteiger partial charge in [0, 0.05) is 17.2 Å². The van der Waals surface area contributed by atoms with Crippen LogP contribution in [0.3, 0.4) is 0 Å². The molecule has 0 bridgehead atoms. The topological polar surface area (TPSA) is 73.4 Å². The molecule has 0 fully saturated rings. The zero-order valence-electron chi connectivity index (χ0n) is 14.7. The third-order valence-electron chi connectivity index (χ3n) is 3.73. The first-order chi connectivity index (χ1) is 13.2. The Balaban J connectivity index is 1.62. The first kappa shape index (κ1) is 19.0. The molecule has 3 rings (SSSR count). The van der Waals surface area contributed by atoms with E-state index in [0.29, 0.717) is 11.1 Å². The molecule has 3 aromatic rings. The molecular formula is C21H16N4S2. The van der Waals surface area contributed by atoms with E-state index in [2.05, 4.69) is 22.1 Å². The number of hydrogen-bond donors (Lipinski definition) is 0. The van der Waals surface area contributed by atoms with Gasteiger partial charge in [0.1, 0.15) is 5.03 Å². The third kappa shape index (κ3) is 5.59. The van der Waals surface area contributed by atoms with Crippen LogP contribution in [0.15, 0.2) is 64.8 Å². The van der Waals surface area contributed by atoms with Gasteiger partial charge in [-0.05, 0) is 48.4 Å². The smallest absolute Gasteiger partial charge is 0.189 e. The van der Waals surface area contributed by atoms with Crippen LogP contribution in [0.2, 0.25) is 0 Å². The van der Waals surface area contributed by atoms with E-state index in [1.54, 1.807) is 23.5 Å². The lowest BCUT2D eigenvalue weighted by molar-refractivity contribution is 0.864. The van der Waals surface area contributed by atoms with Crippen LogP contribution in [0, 0.1) is 29.6 Å². The van der Waals surface area contributed by atoms with Crippen molar-refractivity contribution >= 4 is 23.5 Å². The zero-order chi connectivity index (χ0) is 19.1. The van der Waals surface area contributed by atoms with Crippen LogP contribution in [0.1, 0.15) is 27.9 Å². The highest BCUT2D eigenvalue weighted by molar-refractivity contribution is 7.99. The van der Waals surface area contributed by atoms with E-state index in [9.17, 15) is 0 Å². The minimum Gasteiger partial charge on any atom is -0.228 e. The number of aromatic nitrogens is 2. The monoisotopic (exact) mass is 388 g/mol. The van der Waals surface area contributed by atoms with E-state index in [-0.39, 0.29) is 0 Å². The number of rotatable bonds is 6. The predicted molar refractivity (Wildman–Crippen MR) is 108 cm³/mol. The fourth-order valence-corrected chi connectivity index (χ4v) is 4.14. The average Bonchev–Trinajstić information content (AvgIpc) is 2.71. The van der Waals surface area contributed by atoms with Crippen LogP contribution in [-0.4, -0.2) is 9.97 Å². The molecule has 4 nitrogen and oxygen atoms in total. The standard InChI is InChI=1S/C21H16N4S2/c1-15-10-20(26-13-18-6-2-16(11-22)3-7-18)25-21(24-15)27-14-19-8-4-17(12-23)5-9-19/h2-10H,13-14H2,1H3. The first-order valence-electron chi connectivity index (χ1n) is 8.25. The van der Waals surface area contributed by atoms with Gasteiger partial charge in [-0.1, -0.05) is 36.0 Å². The van der Waals surface area contributed by atoms with Crippen molar-refractivity contribution in [1.29, 1.82) is 10.5 Å². The quantitative estimate of drug-likeness (QED) is 0.332. The number of benzene rings is 2. The summed E-state index contributed by atoms with van der Waals surface area (Å²) in [6.07, 6.45) is 0. The van der Waals surface area contributed by atoms with Gasteiger partial charge in [0.05, 0.1) is 23.3 Å². The lowest BCUT2D eigenvalue weighted by Gasteiger charge is -2.06. The molecule has 2 aromatic carbocycles. The lowest BCUT2D eigenvalue weighted by atomic mass is 10.2.